The Morgan fingerprint density at radius 1 is 1.09 bits per heavy atom. The normalized spacial score (nSPS) is 12.2. The van der Waals surface area contributed by atoms with Gasteiger partial charge in [0.25, 0.3) is 0 Å². The number of aromatic amines is 1. The molecule has 3 rings (SSSR count). The molecule has 3 aromatic rings. The number of nitrogens with one attached hydrogen (secondary N) is 2. The minimum absolute atomic E-state index is 0.00756. The van der Waals surface area contributed by atoms with E-state index in [2.05, 4.69) is 14.7 Å². The number of benzene rings is 2. The van der Waals surface area contributed by atoms with E-state index in [4.69, 9.17) is 15.2 Å². The molecule has 0 unspecified atom stereocenters. The predicted octanol–water partition coefficient (Wildman–Crippen LogP) is 1.76. The Morgan fingerprint density at radius 2 is 1.82 bits per heavy atom. The first kappa shape index (κ1) is 24.1. The first-order chi connectivity index (χ1) is 15.8. The highest BCUT2D eigenvalue weighted by Crippen LogP contribution is 2.14. The maximum Gasteiger partial charge on any atom is 0.345 e. The fourth-order valence-corrected chi connectivity index (χ4v) is 3.98. The average molecular weight is 473 g/mol. The number of esters is 2. The molecule has 0 saturated carbocycles. The Balaban J connectivity index is 1.42. The van der Waals surface area contributed by atoms with Crippen molar-refractivity contribution in [2.45, 2.75) is 30.3 Å². The number of aromatic nitrogens is 2. The number of hydrogen-bond acceptors (Lipinski definition) is 8. The van der Waals surface area contributed by atoms with E-state index in [0.717, 1.165) is 18.7 Å². The van der Waals surface area contributed by atoms with Crippen LogP contribution in [0.5, 0.6) is 5.75 Å². The average Bonchev–Trinajstić information content (AvgIpc) is 3.31. The predicted molar refractivity (Wildman–Crippen MR) is 119 cm³/mol. The van der Waals surface area contributed by atoms with E-state index in [1.807, 2.05) is 0 Å². The lowest BCUT2D eigenvalue weighted by atomic mass is 10.2. The van der Waals surface area contributed by atoms with Crippen LogP contribution in [0, 0.1) is 0 Å². The lowest BCUT2D eigenvalue weighted by molar-refractivity contribution is -0.138. The molecular formula is C22H24N4O6S. The molecule has 11 heteroatoms. The van der Waals surface area contributed by atoms with Gasteiger partial charge in [-0.2, -0.15) is 4.72 Å². The monoisotopic (exact) mass is 472 g/mol. The number of hydrogen-bond donors (Lipinski definition) is 3. The van der Waals surface area contributed by atoms with E-state index in [9.17, 15) is 18.0 Å². The van der Waals surface area contributed by atoms with Crippen LogP contribution < -0.4 is 15.2 Å². The van der Waals surface area contributed by atoms with Crippen LogP contribution in [0.3, 0.4) is 0 Å². The number of H-pyrrole nitrogens is 1. The summed E-state index contributed by atoms with van der Waals surface area (Å²) in [7, 11) is -3.90. The van der Waals surface area contributed by atoms with Crippen molar-refractivity contribution < 1.29 is 27.5 Å². The molecule has 2 aromatic carbocycles. The van der Waals surface area contributed by atoms with Crippen LogP contribution in [0.4, 0.5) is 0 Å². The summed E-state index contributed by atoms with van der Waals surface area (Å²) in [5, 5.41) is 0. The number of imidazole rings is 1. The number of ether oxygens (including phenoxy) is 2. The van der Waals surface area contributed by atoms with Crippen LogP contribution in [0.25, 0.3) is 0 Å². The van der Waals surface area contributed by atoms with Crippen LogP contribution in [-0.2, 0) is 26.0 Å². The molecule has 1 atom stereocenters. The second-order valence-corrected chi connectivity index (χ2v) is 8.73. The lowest BCUT2D eigenvalue weighted by Crippen LogP contribution is -2.43. The second-order valence-electron chi connectivity index (χ2n) is 7.02. The van der Waals surface area contributed by atoms with E-state index in [1.165, 1.54) is 24.3 Å². The third kappa shape index (κ3) is 7.52. The molecular weight excluding hydrogens is 448 g/mol. The van der Waals surface area contributed by atoms with Crippen LogP contribution in [0.15, 0.2) is 71.9 Å². The van der Waals surface area contributed by atoms with Gasteiger partial charge >= 0.3 is 11.9 Å². The van der Waals surface area contributed by atoms with E-state index in [-0.39, 0.29) is 10.5 Å². The number of nitrogens with zero attached hydrogens (tertiary/aromatic N) is 1. The van der Waals surface area contributed by atoms with Crippen LogP contribution in [0.1, 0.15) is 29.0 Å². The number of aryl methyl sites for hydroxylation is 1. The summed E-state index contributed by atoms with van der Waals surface area (Å²) in [6.45, 7) is 0.472. The first-order valence-electron chi connectivity index (χ1n) is 10.1. The zero-order chi connectivity index (χ0) is 23.7. The molecule has 0 spiro atoms. The maximum atomic E-state index is 12.2. The van der Waals surface area contributed by atoms with Gasteiger partial charge in [0.15, 0.2) is 0 Å². The number of sulfonamides is 1. The largest absolute Gasteiger partial charge is 0.494 e. The summed E-state index contributed by atoms with van der Waals surface area (Å²) in [5.41, 5.74) is 5.84. The zero-order valence-electron chi connectivity index (χ0n) is 17.6. The summed E-state index contributed by atoms with van der Waals surface area (Å²) in [6, 6.07) is 13.7. The van der Waals surface area contributed by atoms with E-state index in [0.29, 0.717) is 12.4 Å². The molecule has 0 aliphatic heterocycles. The summed E-state index contributed by atoms with van der Waals surface area (Å²) in [6.07, 6.45) is 3.19. The minimum Gasteiger partial charge on any atom is -0.494 e. The van der Waals surface area contributed by atoms with Gasteiger partial charge in [-0.1, -0.05) is 18.2 Å². The highest BCUT2D eigenvalue weighted by atomic mass is 32.2. The molecule has 174 valence electrons. The molecule has 0 radical (unpaired) electrons. The highest BCUT2D eigenvalue weighted by molar-refractivity contribution is 7.89. The Labute approximate surface area is 191 Å². The molecule has 33 heavy (non-hydrogen) atoms. The van der Waals surface area contributed by atoms with Crippen LogP contribution >= 0.6 is 0 Å². The van der Waals surface area contributed by atoms with Gasteiger partial charge in [0.2, 0.25) is 10.0 Å². The molecule has 4 N–H and O–H groups in total. The van der Waals surface area contributed by atoms with Crippen molar-refractivity contribution in [2.24, 2.45) is 5.73 Å². The standard InChI is InChI=1S/C22H24N4O6S/c23-19(26-33(29,30)18-5-2-1-3-6-18)15-21(27)32-22(28)16-8-10-17(11-9-16)31-14-4-7-20-24-12-13-25-20/h1-3,5-6,8-13,19,26H,4,7,14-15,23H2,(H,24,25)/t19-/m0/s1. The number of rotatable bonds is 11. The van der Waals surface area contributed by atoms with E-state index >= 15 is 0 Å². The fraction of sp³-hybridized carbons (Fsp3) is 0.227. The summed E-state index contributed by atoms with van der Waals surface area (Å²) in [5.74, 6) is -0.382. The maximum absolute atomic E-state index is 12.2. The van der Waals surface area contributed by atoms with Crippen molar-refractivity contribution in [2.75, 3.05) is 6.61 Å². The molecule has 10 nitrogen and oxygen atoms in total. The number of carbonyl (C=O) groups is 2. The third-order valence-electron chi connectivity index (χ3n) is 4.42. The molecule has 0 amide bonds. The Kier molecular flexibility index (Phi) is 8.30. The number of nitrogens with two attached hydrogens (primary N) is 1. The first-order valence-corrected chi connectivity index (χ1v) is 11.6. The van der Waals surface area contributed by atoms with Crippen molar-refractivity contribution in [3.05, 3.63) is 78.4 Å². The van der Waals surface area contributed by atoms with Gasteiger partial charge < -0.3 is 20.2 Å². The van der Waals surface area contributed by atoms with Gasteiger partial charge in [-0.3, -0.25) is 4.79 Å². The zero-order valence-corrected chi connectivity index (χ0v) is 18.5. The molecule has 0 bridgehead atoms. The SMILES string of the molecule is N[C@H](CC(=O)OC(=O)c1ccc(OCCCc2ncc[nH]2)cc1)NS(=O)(=O)c1ccccc1. The lowest BCUT2D eigenvalue weighted by Gasteiger charge is -2.13. The van der Waals surface area contributed by atoms with Crippen LogP contribution in [0.2, 0.25) is 0 Å². The molecule has 0 fully saturated rings. The third-order valence-corrected chi connectivity index (χ3v) is 5.93. The van der Waals surface area contributed by atoms with Gasteiger partial charge in [0, 0.05) is 18.8 Å². The van der Waals surface area contributed by atoms with Gasteiger partial charge in [-0.15, -0.1) is 0 Å². The van der Waals surface area contributed by atoms with E-state index < -0.39 is 34.5 Å². The minimum atomic E-state index is -3.90. The molecule has 1 aromatic heterocycles. The Hall–Kier alpha value is -3.54. The van der Waals surface area contributed by atoms with Crippen molar-refractivity contribution in [1.29, 1.82) is 0 Å². The summed E-state index contributed by atoms with van der Waals surface area (Å²) < 4.78 is 37.0. The van der Waals surface area contributed by atoms with Crippen molar-refractivity contribution >= 4 is 22.0 Å². The topological polar surface area (TPSA) is 153 Å². The summed E-state index contributed by atoms with van der Waals surface area (Å²) in [4.78, 5) is 31.3. The van der Waals surface area contributed by atoms with Crippen LogP contribution in [-0.4, -0.2) is 43.1 Å². The Bertz CT molecular complexity index is 1150. The van der Waals surface area contributed by atoms with Crippen molar-refractivity contribution in [3.8, 4) is 5.75 Å². The molecule has 1 heterocycles. The van der Waals surface area contributed by atoms with Gasteiger partial charge in [-0.25, -0.2) is 18.2 Å². The van der Waals surface area contributed by atoms with Crippen molar-refractivity contribution in [1.82, 2.24) is 14.7 Å². The molecule has 0 aliphatic carbocycles. The fourth-order valence-electron chi connectivity index (χ4n) is 2.84. The second kappa shape index (κ2) is 11.4. The quantitative estimate of drug-likeness (QED) is 0.165. The van der Waals surface area contributed by atoms with Crippen molar-refractivity contribution in [3.63, 3.8) is 0 Å². The van der Waals surface area contributed by atoms with E-state index in [1.54, 1.807) is 42.7 Å². The highest BCUT2D eigenvalue weighted by Gasteiger charge is 2.21. The molecule has 0 aliphatic rings. The Morgan fingerprint density at radius 3 is 2.48 bits per heavy atom. The van der Waals surface area contributed by atoms with Gasteiger partial charge in [-0.05, 0) is 42.8 Å². The number of carbonyl (C=O) groups excluding carboxylic acids is 2. The smallest absolute Gasteiger partial charge is 0.345 e. The summed E-state index contributed by atoms with van der Waals surface area (Å²) >= 11 is 0. The van der Waals surface area contributed by atoms with Gasteiger partial charge in [0.1, 0.15) is 11.6 Å². The molecule has 0 saturated heterocycles. The van der Waals surface area contributed by atoms with Gasteiger partial charge in [0.05, 0.1) is 29.7 Å².